The monoisotopic (exact) mass is 408 g/mol. The predicted octanol–water partition coefficient (Wildman–Crippen LogP) is 4.42. The first kappa shape index (κ1) is 22.8. The number of hydrazone groups is 1. The van der Waals surface area contributed by atoms with Gasteiger partial charge in [-0.3, -0.25) is 10.2 Å². The second kappa shape index (κ2) is 10.8. The third-order valence-electron chi connectivity index (χ3n) is 3.20. The van der Waals surface area contributed by atoms with Gasteiger partial charge in [0.15, 0.2) is 0 Å². The summed E-state index contributed by atoms with van der Waals surface area (Å²) >= 11 is 5.56. The molecule has 0 spiro atoms. The number of rotatable bonds is 9. The average molecular weight is 409 g/mol. The number of anilines is 1. The smallest absolute Gasteiger partial charge is 0.417 e. The summed E-state index contributed by atoms with van der Waals surface area (Å²) in [5.74, 6) is -1.14. The van der Waals surface area contributed by atoms with E-state index in [1.807, 2.05) is 0 Å². The normalized spacial score (nSPS) is 11.9. The van der Waals surface area contributed by atoms with E-state index in [0.717, 1.165) is 12.1 Å². The molecule has 0 amide bonds. The Morgan fingerprint density at radius 1 is 1.15 bits per heavy atom. The van der Waals surface area contributed by atoms with Crippen LogP contribution < -0.4 is 5.43 Å². The Kier molecular flexibility index (Phi) is 9.07. The van der Waals surface area contributed by atoms with Crippen LogP contribution in [-0.4, -0.2) is 30.9 Å². The molecule has 0 aliphatic carbocycles. The fourth-order valence-electron chi connectivity index (χ4n) is 2.00. The Labute approximate surface area is 159 Å². The molecule has 150 valence electrons. The molecule has 27 heavy (non-hydrogen) atoms. The number of esters is 2. The molecule has 0 heterocycles. The van der Waals surface area contributed by atoms with Gasteiger partial charge in [-0.2, -0.15) is 18.3 Å². The zero-order chi connectivity index (χ0) is 20.4. The maximum atomic E-state index is 12.9. The summed E-state index contributed by atoms with van der Waals surface area (Å²) in [5.41, 5.74) is 1.32. The molecule has 0 fully saturated rings. The minimum atomic E-state index is -4.62. The van der Waals surface area contributed by atoms with Crippen molar-refractivity contribution in [3.63, 3.8) is 0 Å². The van der Waals surface area contributed by atoms with Gasteiger partial charge in [0.1, 0.15) is 5.71 Å². The second-order valence-corrected chi connectivity index (χ2v) is 5.65. The van der Waals surface area contributed by atoms with Crippen LogP contribution in [0.4, 0.5) is 18.9 Å². The van der Waals surface area contributed by atoms with E-state index in [-0.39, 0.29) is 43.9 Å². The SMILES string of the molecule is CCOC(=O)CCC/C(=N\Nc1ccc(Cl)c(C(F)(F)F)c1)C(=O)OCC. The van der Waals surface area contributed by atoms with E-state index in [1.165, 1.54) is 6.07 Å². The maximum absolute atomic E-state index is 12.9. The van der Waals surface area contributed by atoms with Crippen LogP contribution in [0, 0.1) is 0 Å². The molecule has 0 unspecified atom stereocenters. The lowest BCUT2D eigenvalue weighted by Crippen LogP contribution is -2.19. The van der Waals surface area contributed by atoms with Crippen molar-refractivity contribution in [2.24, 2.45) is 5.10 Å². The lowest BCUT2D eigenvalue weighted by atomic mass is 10.1. The van der Waals surface area contributed by atoms with Gasteiger partial charge in [-0.15, -0.1) is 0 Å². The summed E-state index contributed by atoms with van der Waals surface area (Å²) in [6.45, 7) is 3.64. The van der Waals surface area contributed by atoms with E-state index >= 15 is 0 Å². The highest BCUT2D eigenvalue weighted by atomic mass is 35.5. The highest BCUT2D eigenvalue weighted by molar-refractivity contribution is 6.36. The third kappa shape index (κ3) is 7.86. The Morgan fingerprint density at radius 3 is 2.41 bits per heavy atom. The maximum Gasteiger partial charge on any atom is 0.417 e. The fourth-order valence-corrected chi connectivity index (χ4v) is 2.22. The Balaban J connectivity index is 2.88. The molecule has 0 aromatic heterocycles. The highest BCUT2D eigenvalue weighted by Crippen LogP contribution is 2.36. The molecule has 1 aromatic rings. The van der Waals surface area contributed by atoms with Crippen molar-refractivity contribution in [2.45, 2.75) is 39.3 Å². The van der Waals surface area contributed by atoms with Crippen molar-refractivity contribution < 1.29 is 32.2 Å². The largest absolute Gasteiger partial charge is 0.466 e. The average Bonchev–Trinajstić information content (AvgIpc) is 2.58. The summed E-state index contributed by atoms with van der Waals surface area (Å²) in [7, 11) is 0. The fraction of sp³-hybridized carbons (Fsp3) is 0.471. The topological polar surface area (TPSA) is 77.0 Å². The van der Waals surface area contributed by atoms with Crippen LogP contribution >= 0.6 is 11.6 Å². The molecule has 6 nitrogen and oxygen atoms in total. The molecule has 10 heteroatoms. The molecule has 1 rings (SSSR count). The first-order valence-corrected chi connectivity index (χ1v) is 8.58. The minimum Gasteiger partial charge on any atom is -0.466 e. The van der Waals surface area contributed by atoms with Gasteiger partial charge < -0.3 is 9.47 Å². The number of ether oxygens (including phenoxy) is 2. The Morgan fingerprint density at radius 2 is 1.81 bits per heavy atom. The number of carbonyl (C=O) groups excluding carboxylic acids is 2. The van der Waals surface area contributed by atoms with E-state index in [9.17, 15) is 22.8 Å². The molecule has 1 aromatic carbocycles. The molecule has 0 radical (unpaired) electrons. The predicted molar refractivity (Wildman–Crippen MR) is 94.6 cm³/mol. The first-order chi connectivity index (χ1) is 12.7. The van der Waals surface area contributed by atoms with Crippen molar-refractivity contribution in [3.8, 4) is 0 Å². The van der Waals surface area contributed by atoms with E-state index in [0.29, 0.717) is 0 Å². The molecular formula is C17H20ClF3N2O4. The van der Waals surface area contributed by atoms with E-state index in [1.54, 1.807) is 13.8 Å². The van der Waals surface area contributed by atoms with Crippen molar-refractivity contribution in [2.75, 3.05) is 18.6 Å². The Bertz CT molecular complexity index is 693. The quantitative estimate of drug-likeness (QED) is 0.372. The standard InChI is InChI=1S/C17H20ClF3N2O4/c1-3-26-15(24)7-5-6-14(16(25)27-4-2)23-22-11-8-9-13(18)12(10-11)17(19,20)21/h8-10,22H,3-7H2,1-2H3/b23-14+. The third-order valence-corrected chi connectivity index (χ3v) is 3.53. The second-order valence-electron chi connectivity index (χ2n) is 5.24. The van der Waals surface area contributed by atoms with Crippen molar-refractivity contribution in [1.29, 1.82) is 0 Å². The number of nitrogens with zero attached hydrogens (tertiary/aromatic N) is 1. The number of carbonyl (C=O) groups is 2. The number of alkyl halides is 3. The number of benzene rings is 1. The number of nitrogens with one attached hydrogen (secondary N) is 1. The van der Waals surface area contributed by atoms with E-state index in [2.05, 4.69) is 10.5 Å². The van der Waals surface area contributed by atoms with E-state index in [4.69, 9.17) is 21.1 Å². The van der Waals surface area contributed by atoms with Gasteiger partial charge >= 0.3 is 18.1 Å². The van der Waals surface area contributed by atoms with Gasteiger partial charge in [0.05, 0.1) is 29.5 Å². The molecule has 0 aliphatic heterocycles. The summed E-state index contributed by atoms with van der Waals surface area (Å²) < 4.78 is 48.3. The number of hydrogen-bond donors (Lipinski definition) is 1. The van der Waals surface area contributed by atoms with Crippen molar-refractivity contribution in [3.05, 3.63) is 28.8 Å². The molecular weight excluding hydrogens is 389 g/mol. The summed E-state index contributed by atoms with van der Waals surface area (Å²) in [6.07, 6.45) is -4.19. The molecule has 0 bridgehead atoms. The van der Waals surface area contributed by atoms with Gasteiger partial charge in [-0.1, -0.05) is 11.6 Å². The van der Waals surface area contributed by atoms with Crippen LogP contribution in [0.2, 0.25) is 5.02 Å². The summed E-state index contributed by atoms with van der Waals surface area (Å²) in [6, 6.07) is 3.16. The highest BCUT2D eigenvalue weighted by Gasteiger charge is 2.33. The van der Waals surface area contributed by atoms with Crippen LogP contribution in [0.25, 0.3) is 0 Å². The van der Waals surface area contributed by atoms with Crippen LogP contribution in [0.15, 0.2) is 23.3 Å². The molecule has 0 saturated carbocycles. The van der Waals surface area contributed by atoms with Gasteiger partial charge in [-0.05, 0) is 44.9 Å². The minimum absolute atomic E-state index is 0.00100. The summed E-state index contributed by atoms with van der Waals surface area (Å²) in [4.78, 5) is 23.3. The molecule has 0 atom stereocenters. The van der Waals surface area contributed by atoms with Crippen molar-refractivity contribution in [1.82, 2.24) is 0 Å². The number of halogens is 4. The van der Waals surface area contributed by atoms with Gasteiger partial charge in [0, 0.05) is 6.42 Å². The molecule has 1 N–H and O–H groups in total. The van der Waals surface area contributed by atoms with Crippen molar-refractivity contribution >= 4 is 34.9 Å². The number of hydrogen-bond acceptors (Lipinski definition) is 6. The lowest BCUT2D eigenvalue weighted by molar-refractivity contribution is -0.143. The van der Waals surface area contributed by atoms with Crippen LogP contribution in [0.5, 0.6) is 0 Å². The zero-order valence-corrected chi connectivity index (χ0v) is 15.6. The Hall–Kier alpha value is -2.29. The molecule has 0 saturated heterocycles. The van der Waals surface area contributed by atoms with E-state index < -0.39 is 28.7 Å². The van der Waals surface area contributed by atoms with Crippen LogP contribution in [-0.2, 0) is 25.2 Å². The first-order valence-electron chi connectivity index (χ1n) is 8.21. The zero-order valence-electron chi connectivity index (χ0n) is 14.9. The van der Waals surface area contributed by atoms with Gasteiger partial charge in [0.25, 0.3) is 0 Å². The lowest BCUT2D eigenvalue weighted by Gasteiger charge is -2.11. The van der Waals surface area contributed by atoms with Crippen LogP contribution in [0.3, 0.4) is 0 Å². The van der Waals surface area contributed by atoms with Gasteiger partial charge in [0.2, 0.25) is 0 Å². The van der Waals surface area contributed by atoms with Gasteiger partial charge in [-0.25, -0.2) is 4.79 Å². The molecule has 0 aliphatic rings. The summed E-state index contributed by atoms with van der Waals surface area (Å²) in [5, 5.41) is 3.39. The van der Waals surface area contributed by atoms with Crippen LogP contribution in [0.1, 0.15) is 38.7 Å².